The van der Waals surface area contributed by atoms with E-state index < -0.39 is 10.0 Å². The molecule has 1 aliphatic rings. The predicted molar refractivity (Wildman–Crippen MR) is 138 cm³/mol. The van der Waals surface area contributed by atoms with Gasteiger partial charge in [0.15, 0.2) is 0 Å². The molecular weight excluding hydrogens is 462 g/mol. The minimum atomic E-state index is -3.57. The van der Waals surface area contributed by atoms with Crippen molar-refractivity contribution in [3.8, 4) is 0 Å². The lowest BCUT2D eigenvalue weighted by Crippen LogP contribution is -2.19. The molecule has 0 bridgehead atoms. The molecule has 182 valence electrons. The van der Waals surface area contributed by atoms with Crippen LogP contribution in [0.4, 0.5) is 23.1 Å². The number of rotatable bonds is 8. The maximum Gasteiger partial charge on any atom is 0.240 e. The molecule has 4 aromatic rings. The van der Waals surface area contributed by atoms with E-state index in [0.717, 1.165) is 40.3 Å². The van der Waals surface area contributed by atoms with Crippen molar-refractivity contribution in [1.82, 2.24) is 24.5 Å². The van der Waals surface area contributed by atoms with Crippen LogP contribution in [0, 0.1) is 26.7 Å². The SMILES string of the molecule is CNS(=O)(=O)c1cc(Nc2ncc(C)c(Nc3ccc4c(C)nn(CC5CC5)c4c3)n2)ccc1C. The number of nitrogens with zero attached hydrogens (tertiary/aromatic N) is 4. The molecule has 2 heterocycles. The molecule has 1 fully saturated rings. The molecule has 1 saturated carbocycles. The number of aryl methyl sites for hydroxylation is 3. The van der Waals surface area contributed by atoms with Gasteiger partial charge < -0.3 is 10.6 Å². The summed E-state index contributed by atoms with van der Waals surface area (Å²) in [6, 6.07) is 11.4. The Kier molecular flexibility index (Phi) is 5.94. The van der Waals surface area contributed by atoms with Crippen LogP contribution >= 0.6 is 0 Å². The van der Waals surface area contributed by atoms with Gasteiger partial charge in [0.1, 0.15) is 5.82 Å². The minimum absolute atomic E-state index is 0.210. The molecule has 10 heteroatoms. The van der Waals surface area contributed by atoms with Crippen molar-refractivity contribution < 1.29 is 8.42 Å². The van der Waals surface area contributed by atoms with Gasteiger partial charge in [-0.05, 0) is 82.5 Å². The fourth-order valence-corrected chi connectivity index (χ4v) is 5.07. The molecular formula is C25H29N7O2S. The number of nitrogens with one attached hydrogen (secondary N) is 3. The van der Waals surface area contributed by atoms with E-state index in [4.69, 9.17) is 5.10 Å². The topological polar surface area (TPSA) is 114 Å². The third-order valence-corrected chi connectivity index (χ3v) is 7.86. The Morgan fingerprint density at radius 3 is 2.49 bits per heavy atom. The van der Waals surface area contributed by atoms with Crippen molar-refractivity contribution in [3.63, 3.8) is 0 Å². The second kappa shape index (κ2) is 8.94. The van der Waals surface area contributed by atoms with Crippen LogP contribution in [0.2, 0.25) is 0 Å². The summed E-state index contributed by atoms with van der Waals surface area (Å²) in [5.41, 5.74) is 5.20. The molecule has 3 N–H and O–H groups in total. The fourth-order valence-electron chi connectivity index (χ4n) is 4.07. The molecule has 1 aliphatic carbocycles. The van der Waals surface area contributed by atoms with Gasteiger partial charge in [0.05, 0.1) is 16.1 Å². The van der Waals surface area contributed by atoms with Gasteiger partial charge in [-0.3, -0.25) is 4.68 Å². The molecule has 5 rings (SSSR count). The Morgan fingerprint density at radius 1 is 1.00 bits per heavy atom. The second-order valence-corrected chi connectivity index (χ2v) is 11.0. The first-order valence-electron chi connectivity index (χ1n) is 11.6. The van der Waals surface area contributed by atoms with Crippen LogP contribution in [0.25, 0.3) is 10.9 Å². The maximum absolute atomic E-state index is 12.3. The van der Waals surface area contributed by atoms with Crippen LogP contribution in [-0.4, -0.2) is 35.2 Å². The van der Waals surface area contributed by atoms with Crippen LogP contribution in [0.3, 0.4) is 0 Å². The fraction of sp³-hybridized carbons (Fsp3) is 0.320. The summed E-state index contributed by atoms with van der Waals surface area (Å²) < 4.78 is 29.1. The molecule has 0 spiro atoms. The van der Waals surface area contributed by atoms with E-state index in [1.54, 1.807) is 31.3 Å². The smallest absolute Gasteiger partial charge is 0.240 e. The lowest BCUT2D eigenvalue weighted by atomic mass is 10.2. The van der Waals surface area contributed by atoms with Crippen molar-refractivity contribution in [3.05, 3.63) is 59.4 Å². The quantitative estimate of drug-likeness (QED) is 0.331. The molecule has 0 saturated heterocycles. The Labute approximate surface area is 205 Å². The van der Waals surface area contributed by atoms with Gasteiger partial charge in [0, 0.05) is 35.1 Å². The second-order valence-electron chi connectivity index (χ2n) is 9.11. The largest absolute Gasteiger partial charge is 0.340 e. The van der Waals surface area contributed by atoms with Gasteiger partial charge in [-0.2, -0.15) is 10.1 Å². The van der Waals surface area contributed by atoms with E-state index >= 15 is 0 Å². The number of benzene rings is 2. The van der Waals surface area contributed by atoms with Gasteiger partial charge in [-0.25, -0.2) is 18.1 Å². The molecule has 9 nitrogen and oxygen atoms in total. The lowest BCUT2D eigenvalue weighted by Gasteiger charge is -2.13. The number of fused-ring (bicyclic) bond motifs is 1. The number of anilines is 4. The Bertz CT molecular complexity index is 1520. The summed E-state index contributed by atoms with van der Waals surface area (Å²) in [4.78, 5) is 9.23. The highest BCUT2D eigenvalue weighted by molar-refractivity contribution is 7.89. The van der Waals surface area contributed by atoms with Crippen LogP contribution in [0.5, 0.6) is 0 Å². The minimum Gasteiger partial charge on any atom is -0.340 e. The van der Waals surface area contributed by atoms with Crippen molar-refractivity contribution in [2.24, 2.45) is 5.92 Å². The highest BCUT2D eigenvalue weighted by Crippen LogP contribution is 2.33. The zero-order chi connectivity index (χ0) is 24.7. The van der Waals surface area contributed by atoms with Crippen LogP contribution in [-0.2, 0) is 16.6 Å². The Hall–Kier alpha value is -3.50. The molecule has 0 atom stereocenters. The van der Waals surface area contributed by atoms with Gasteiger partial charge in [-0.1, -0.05) is 6.07 Å². The molecule has 0 aliphatic heterocycles. The summed E-state index contributed by atoms with van der Waals surface area (Å²) in [7, 11) is -2.18. The van der Waals surface area contributed by atoms with E-state index in [1.807, 2.05) is 19.9 Å². The van der Waals surface area contributed by atoms with Crippen LogP contribution < -0.4 is 15.4 Å². The number of hydrogen-bond donors (Lipinski definition) is 3. The van der Waals surface area contributed by atoms with Gasteiger partial charge in [0.2, 0.25) is 16.0 Å². The first-order valence-corrected chi connectivity index (χ1v) is 13.1. The zero-order valence-corrected chi connectivity index (χ0v) is 21.1. The van der Waals surface area contributed by atoms with E-state index in [0.29, 0.717) is 23.0 Å². The molecule has 0 amide bonds. The monoisotopic (exact) mass is 491 g/mol. The lowest BCUT2D eigenvalue weighted by molar-refractivity contribution is 0.576. The molecule has 35 heavy (non-hydrogen) atoms. The molecule has 2 aromatic heterocycles. The van der Waals surface area contributed by atoms with E-state index in [9.17, 15) is 8.42 Å². The average molecular weight is 492 g/mol. The summed E-state index contributed by atoms with van der Waals surface area (Å²) in [5, 5.41) is 12.4. The zero-order valence-electron chi connectivity index (χ0n) is 20.3. The molecule has 0 radical (unpaired) electrons. The van der Waals surface area contributed by atoms with Crippen LogP contribution in [0.1, 0.15) is 29.7 Å². The van der Waals surface area contributed by atoms with Crippen molar-refractivity contribution in [2.45, 2.75) is 45.1 Å². The molecule has 2 aromatic carbocycles. The average Bonchev–Trinajstić information content (AvgIpc) is 3.60. The number of hydrogen-bond acceptors (Lipinski definition) is 7. The number of aromatic nitrogens is 4. The van der Waals surface area contributed by atoms with Gasteiger partial charge in [0.25, 0.3) is 0 Å². The third kappa shape index (κ3) is 4.85. The summed E-state index contributed by atoms with van der Waals surface area (Å²) in [6.07, 6.45) is 4.28. The van der Waals surface area contributed by atoms with Crippen molar-refractivity contribution in [2.75, 3.05) is 17.7 Å². The van der Waals surface area contributed by atoms with E-state index in [-0.39, 0.29) is 4.90 Å². The highest BCUT2D eigenvalue weighted by atomic mass is 32.2. The van der Waals surface area contributed by atoms with Crippen molar-refractivity contribution >= 4 is 44.1 Å². The maximum atomic E-state index is 12.3. The van der Waals surface area contributed by atoms with Gasteiger partial charge >= 0.3 is 0 Å². The summed E-state index contributed by atoms with van der Waals surface area (Å²) in [5.74, 6) is 1.77. The molecule has 0 unspecified atom stereocenters. The predicted octanol–water partition coefficient (Wildman–Crippen LogP) is 4.56. The first-order chi connectivity index (χ1) is 16.7. The van der Waals surface area contributed by atoms with Crippen molar-refractivity contribution in [1.29, 1.82) is 0 Å². The van der Waals surface area contributed by atoms with E-state index in [1.165, 1.54) is 19.9 Å². The summed E-state index contributed by atoms with van der Waals surface area (Å²) >= 11 is 0. The summed E-state index contributed by atoms with van der Waals surface area (Å²) in [6.45, 7) is 6.70. The Morgan fingerprint density at radius 2 is 1.74 bits per heavy atom. The van der Waals surface area contributed by atoms with Gasteiger partial charge in [-0.15, -0.1) is 0 Å². The highest BCUT2D eigenvalue weighted by Gasteiger charge is 2.23. The Balaban J connectivity index is 1.41. The van der Waals surface area contributed by atoms with E-state index in [2.05, 4.69) is 42.1 Å². The first kappa shape index (κ1) is 23.3. The standard InChI is InChI=1S/C25H29N7O2S/c1-15-5-8-20(12-23(15)35(33,34)26-4)29-25-27-13-16(2)24(30-25)28-19-9-10-21-17(3)31-32(22(21)11-19)14-18-6-7-18/h5,8-13,18,26H,6-7,14H2,1-4H3,(H2,27,28,29,30). The normalized spacial score (nSPS) is 13.8. The third-order valence-electron chi connectivity index (χ3n) is 6.30. The van der Waals surface area contributed by atoms with Crippen LogP contribution in [0.15, 0.2) is 47.5 Å². The number of sulfonamides is 1.